The minimum atomic E-state index is 0.502. The summed E-state index contributed by atoms with van der Waals surface area (Å²) in [6, 6.07) is 4.34. The number of benzene rings is 1. The van der Waals surface area contributed by atoms with Gasteiger partial charge in [-0.1, -0.05) is 29.8 Å². The Hall–Kier alpha value is -0.830. The number of hydrogen-bond donors (Lipinski definition) is 0. The summed E-state index contributed by atoms with van der Waals surface area (Å²) < 4.78 is 3.52. The lowest BCUT2D eigenvalue weighted by atomic mass is 10.1. The lowest BCUT2D eigenvalue weighted by Crippen LogP contribution is -2.02. The number of nitrogens with zero attached hydrogens (tertiary/aromatic N) is 2. The normalized spacial score (nSPS) is 14.4. The maximum absolute atomic E-state index is 4.72. The Bertz CT molecular complexity index is 540. The molecule has 1 aliphatic rings. The van der Waals surface area contributed by atoms with Crippen LogP contribution in [0.4, 0.5) is 0 Å². The molecule has 2 heterocycles. The first-order valence-corrected chi connectivity index (χ1v) is 6.14. The van der Waals surface area contributed by atoms with Gasteiger partial charge in [0, 0.05) is 16.9 Å². The molecular weight excluding hydrogens is 252 g/mol. The molecule has 0 aliphatic carbocycles. The summed E-state index contributed by atoms with van der Waals surface area (Å²) in [5.74, 6) is 1.73. The van der Waals surface area contributed by atoms with E-state index in [1.165, 1.54) is 16.9 Å². The smallest absolute Gasteiger partial charge is 0.112 e. The Morgan fingerprint density at radius 3 is 2.93 bits per heavy atom. The molecule has 3 rings (SSSR count). The van der Waals surface area contributed by atoms with Crippen LogP contribution >= 0.6 is 15.9 Å². The maximum Gasteiger partial charge on any atom is 0.112 e. The van der Waals surface area contributed by atoms with E-state index in [1.807, 2.05) is 0 Å². The molecule has 3 heteroatoms. The summed E-state index contributed by atoms with van der Waals surface area (Å²) in [5, 5.41) is 0. The van der Waals surface area contributed by atoms with Crippen molar-refractivity contribution in [1.29, 1.82) is 0 Å². The maximum atomic E-state index is 4.72. The molecule has 0 N–H and O–H groups in total. The highest BCUT2D eigenvalue weighted by Crippen LogP contribution is 2.32. The number of aromatic nitrogens is 2. The van der Waals surface area contributed by atoms with Gasteiger partial charge in [0.25, 0.3) is 0 Å². The van der Waals surface area contributed by atoms with Gasteiger partial charge in [-0.05, 0) is 24.1 Å². The van der Waals surface area contributed by atoms with Crippen LogP contribution in [-0.2, 0) is 13.0 Å². The largest absolute Gasteiger partial charge is 0.327 e. The van der Waals surface area contributed by atoms with Crippen molar-refractivity contribution in [2.45, 2.75) is 32.7 Å². The van der Waals surface area contributed by atoms with Crippen molar-refractivity contribution in [2.75, 3.05) is 0 Å². The van der Waals surface area contributed by atoms with Crippen molar-refractivity contribution in [1.82, 2.24) is 9.55 Å². The van der Waals surface area contributed by atoms with Crippen LogP contribution in [0.15, 0.2) is 16.6 Å². The molecular formula is C12H13BrN2. The Labute approximate surface area is 97.4 Å². The zero-order chi connectivity index (χ0) is 10.6. The molecule has 0 bridgehead atoms. The molecule has 0 atom stereocenters. The van der Waals surface area contributed by atoms with E-state index in [2.05, 4.69) is 46.5 Å². The lowest BCUT2D eigenvalue weighted by Gasteiger charge is -2.05. The van der Waals surface area contributed by atoms with Crippen molar-refractivity contribution in [2.24, 2.45) is 0 Å². The minimum absolute atomic E-state index is 0.502. The van der Waals surface area contributed by atoms with E-state index in [0.29, 0.717) is 5.92 Å². The Morgan fingerprint density at radius 1 is 1.40 bits per heavy atom. The van der Waals surface area contributed by atoms with Crippen molar-refractivity contribution in [3.63, 3.8) is 0 Å². The van der Waals surface area contributed by atoms with Gasteiger partial charge in [-0.15, -0.1) is 0 Å². The van der Waals surface area contributed by atoms with Gasteiger partial charge in [0.2, 0.25) is 0 Å². The molecule has 0 spiro atoms. The summed E-state index contributed by atoms with van der Waals surface area (Å²) in [6.07, 6.45) is 1.15. The second-order valence-corrected chi connectivity index (χ2v) is 5.37. The number of aryl methyl sites for hydroxylation is 2. The van der Waals surface area contributed by atoms with E-state index in [9.17, 15) is 0 Å². The van der Waals surface area contributed by atoms with Gasteiger partial charge in [0.05, 0.1) is 11.0 Å². The molecule has 0 fully saturated rings. The highest BCUT2D eigenvalue weighted by molar-refractivity contribution is 9.10. The van der Waals surface area contributed by atoms with Crippen LogP contribution in [0.25, 0.3) is 11.0 Å². The summed E-state index contributed by atoms with van der Waals surface area (Å²) in [4.78, 5) is 4.72. The van der Waals surface area contributed by atoms with Gasteiger partial charge in [-0.3, -0.25) is 0 Å². The average Bonchev–Trinajstić information content (AvgIpc) is 2.71. The van der Waals surface area contributed by atoms with Crippen LogP contribution in [0.5, 0.6) is 0 Å². The topological polar surface area (TPSA) is 17.8 Å². The highest BCUT2D eigenvalue weighted by Gasteiger charge is 2.21. The van der Waals surface area contributed by atoms with Crippen molar-refractivity contribution in [3.05, 3.63) is 28.0 Å². The van der Waals surface area contributed by atoms with Gasteiger partial charge in [0.1, 0.15) is 5.82 Å². The first-order chi connectivity index (χ1) is 7.16. The van der Waals surface area contributed by atoms with Gasteiger partial charge in [-0.2, -0.15) is 0 Å². The minimum Gasteiger partial charge on any atom is -0.327 e. The van der Waals surface area contributed by atoms with Crippen LogP contribution in [0.3, 0.4) is 0 Å². The summed E-state index contributed by atoms with van der Waals surface area (Å²) >= 11 is 3.54. The third kappa shape index (κ3) is 1.26. The zero-order valence-corrected chi connectivity index (χ0v) is 10.5. The Morgan fingerprint density at radius 2 is 2.20 bits per heavy atom. The standard InChI is InChI=1S/C12H13BrN2/c1-7(2)12-14-10-6-9(13)5-8-3-4-15(12)11(8)10/h5-7H,3-4H2,1-2H3. The molecule has 0 radical (unpaired) electrons. The Balaban J connectivity index is 2.39. The predicted molar refractivity (Wildman–Crippen MR) is 65.2 cm³/mol. The fourth-order valence-electron chi connectivity index (χ4n) is 2.43. The molecule has 15 heavy (non-hydrogen) atoms. The number of hydrogen-bond acceptors (Lipinski definition) is 1. The number of imidazole rings is 1. The SMILES string of the molecule is CC(C)c1nc2cc(Br)cc3c2n1CC3. The Kier molecular flexibility index (Phi) is 1.93. The van der Waals surface area contributed by atoms with E-state index in [4.69, 9.17) is 4.98 Å². The van der Waals surface area contributed by atoms with Crippen molar-refractivity contribution >= 4 is 27.0 Å². The molecule has 0 saturated carbocycles. The first-order valence-electron chi connectivity index (χ1n) is 5.35. The first kappa shape index (κ1) is 9.40. The molecule has 2 aromatic rings. The van der Waals surface area contributed by atoms with E-state index in [0.717, 1.165) is 23.0 Å². The van der Waals surface area contributed by atoms with Crippen LogP contribution in [0, 0.1) is 0 Å². The van der Waals surface area contributed by atoms with Crippen LogP contribution in [0.1, 0.15) is 31.2 Å². The third-order valence-electron chi connectivity index (χ3n) is 3.04. The fraction of sp³-hybridized carbons (Fsp3) is 0.417. The summed E-state index contributed by atoms with van der Waals surface area (Å²) in [7, 11) is 0. The highest BCUT2D eigenvalue weighted by atomic mass is 79.9. The molecule has 0 amide bonds. The van der Waals surface area contributed by atoms with E-state index in [1.54, 1.807) is 0 Å². The van der Waals surface area contributed by atoms with Gasteiger partial charge >= 0.3 is 0 Å². The summed E-state index contributed by atoms with van der Waals surface area (Å²) in [6.45, 7) is 5.51. The lowest BCUT2D eigenvalue weighted by molar-refractivity contribution is 0.658. The molecule has 2 nitrogen and oxygen atoms in total. The number of rotatable bonds is 1. The van der Waals surface area contributed by atoms with E-state index >= 15 is 0 Å². The van der Waals surface area contributed by atoms with Crippen LogP contribution in [0.2, 0.25) is 0 Å². The summed E-state index contributed by atoms with van der Waals surface area (Å²) in [5.41, 5.74) is 3.92. The predicted octanol–water partition coefficient (Wildman–Crippen LogP) is 3.48. The van der Waals surface area contributed by atoms with Gasteiger partial charge < -0.3 is 4.57 Å². The molecule has 78 valence electrons. The third-order valence-corrected chi connectivity index (χ3v) is 3.49. The van der Waals surface area contributed by atoms with Crippen molar-refractivity contribution in [3.8, 4) is 0 Å². The van der Waals surface area contributed by atoms with Crippen molar-refractivity contribution < 1.29 is 0 Å². The van der Waals surface area contributed by atoms with E-state index in [-0.39, 0.29) is 0 Å². The second kappa shape index (κ2) is 3.08. The monoisotopic (exact) mass is 264 g/mol. The molecule has 0 unspecified atom stereocenters. The molecule has 1 aromatic heterocycles. The molecule has 1 aliphatic heterocycles. The second-order valence-electron chi connectivity index (χ2n) is 4.46. The zero-order valence-electron chi connectivity index (χ0n) is 8.92. The quantitative estimate of drug-likeness (QED) is 0.771. The van der Waals surface area contributed by atoms with Crippen LogP contribution in [-0.4, -0.2) is 9.55 Å². The van der Waals surface area contributed by atoms with E-state index < -0.39 is 0 Å². The molecule has 1 aromatic carbocycles. The molecule has 0 saturated heterocycles. The van der Waals surface area contributed by atoms with Gasteiger partial charge in [-0.25, -0.2) is 4.98 Å². The van der Waals surface area contributed by atoms with Crippen LogP contribution < -0.4 is 0 Å². The number of halogens is 1. The van der Waals surface area contributed by atoms with Gasteiger partial charge in [0.15, 0.2) is 0 Å². The fourth-order valence-corrected chi connectivity index (χ4v) is 2.92. The average molecular weight is 265 g/mol.